The van der Waals surface area contributed by atoms with Gasteiger partial charge in [0.25, 0.3) is 5.91 Å². The maximum Gasteiger partial charge on any atom is 0.330 e. The third-order valence-corrected chi connectivity index (χ3v) is 2.95. The lowest BCUT2D eigenvalue weighted by molar-refractivity contribution is -0.137. The van der Waals surface area contributed by atoms with Crippen LogP contribution < -0.4 is 0 Å². The SMILES string of the molecule is CCCCOC(=O)/C=C/c1cc(F)ccc1C(=O)N(C)OC. The van der Waals surface area contributed by atoms with E-state index < -0.39 is 17.7 Å². The van der Waals surface area contributed by atoms with Crippen molar-refractivity contribution in [2.75, 3.05) is 20.8 Å². The monoisotopic (exact) mass is 309 g/mol. The molecule has 1 amide bonds. The summed E-state index contributed by atoms with van der Waals surface area (Å²) in [6.45, 7) is 2.32. The molecular weight excluding hydrogens is 289 g/mol. The number of nitrogens with zero attached hydrogens (tertiary/aromatic N) is 1. The van der Waals surface area contributed by atoms with Crippen molar-refractivity contribution >= 4 is 18.0 Å². The van der Waals surface area contributed by atoms with Crippen molar-refractivity contribution in [1.29, 1.82) is 0 Å². The molecule has 5 nitrogen and oxygen atoms in total. The second-order valence-corrected chi connectivity index (χ2v) is 4.57. The number of amides is 1. The van der Waals surface area contributed by atoms with Gasteiger partial charge in [0, 0.05) is 18.7 Å². The zero-order chi connectivity index (χ0) is 16.5. The van der Waals surface area contributed by atoms with Gasteiger partial charge in [-0.15, -0.1) is 0 Å². The standard InChI is InChI=1S/C16H20FNO4/c1-4-5-10-22-15(19)9-6-12-11-13(17)7-8-14(12)16(20)18(2)21-3/h6-9,11H,4-5,10H2,1-3H3/b9-6+. The van der Waals surface area contributed by atoms with Crippen molar-refractivity contribution in [3.8, 4) is 0 Å². The third kappa shape index (κ3) is 5.29. The molecule has 0 aliphatic rings. The smallest absolute Gasteiger partial charge is 0.330 e. The van der Waals surface area contributed by atoms with Gasteiger partial charge in [-0.05, 0) is 36.3 Å². The van der Waals surface area contributed by atoms with E-state index in [9.17, 15) is 14.0 Å². The van der Waals surface area contributed by atoms with Crippen molar-refractivity contribution in [2.45, 2.75) is 19.8 Å². The van der Waals surface area contributed by atoms with E-state index in [4.69, 9.17) is 9.57 Å². The van der Waals surface area contributed by atoms with Gasteiger partial charge in [-0.1, -0.05) is 13.3 Å². The fraction of sp³-hybridized carbons (Fsp3) is 0.375. The number of rotatable bonds is 7. The summed E-state index contributed by atoms with van der Waals surface area (Å²) >= 11 is 0. The van der Waals surface area contributed by atoms with Crippen LogP contribution in [0.25, 0.3) is 6.08 Å². The fourth-order valence-corrected chi connectivity index (χ4v) is 1.64. The van der Waals surface area contributed by atoms with Crippen LogP contribution in [-0.2, 0) is 14.4 Å². The van der Waals surface area contributed by atoms with Crippen molar-refractivity contribution in [3.05, 3.63) is 41.2 Å². The first-order chi connectivity index (χ1) is 10.5. The van der Waals surface area contributed by atoms with E-state index in [1.54, 1.807) is 0 Å². The largest absolute Gasteiger partial charge is 0.463 e. The van der Waals surface area contributed by atoms with Gasteiger partial charge in [0.05, 0.1) is 13.7 Å². The van der Waals surface area contributed by atoms with E-state index in [1.165, 1.54) is 44.5 Å². The predicted molar refractivity (Wildman–Crippen MR) is 80.4 cm³/mol. The molecule has 1 rings (SSSR count). The van der Waals surface area contributed by atoms with Crippen molar-refractivity contribution in [2.24, 2.45) is 0 Å². The first-order valence-corrected chi connectivity index (χ1v) is 6.96. The van der Waals surface area contributed by atoms with Crippen LogP contribution in [0.3, 0.4) is 0 Å². The maximum absolute atomic E-state index is 13.4. The van der Waals surface area contributed by atoms with E-state index >= 15 is 0 Å². The highest BCUT2D eigenvalue weighted by molar-refractivity contribution is 5.98. The molecule has 0 N–H and O–H groups in total. The minimum atomic E-state index is -0.531. The molecule has 0 aliphatic carbocycles. The number of hydrogen-bond acceptors (Lipinski definition) is 4. The molecule has 0 heterocycles. The summed E-state index contributed by atoms with van der Waals surface area (Å²) in [5, 5.41) is 1.02. The van der Waals surface area contributed by atoms with Crippen LogP contribution in [0.2, 0.25) is 0 Å². The summed E-state index contributed by atoms with van der Waals surface area (Å²) in [6, 6.07) is 3.69. The van der Waals surface area contributed by atoms with Crippen LogP contribution in [0.4, 0.5) is 4.39 Å². The minimum Gasteiger partial charge on any atom is -0.463 e. The molecule has 1 aromatic carbocycles. The molecule has 1 aromatic rings. The van der Waals surface area contributed by atoms with Gasteiger partial charge in [0.15, 0.2) is 0 Å². The highest BCUT2D eigenvalue weighted by Crippen LogP contribution is 2.15. The summed E-state index contributed by atoms with van der Waals surface area (Å²) in [4.78, 5) is 28.4. The molecule has 0 radical (unpaired) electrons. The molecule has 0 aliphatic heterocycles. The quantitative estimate of drug-likeness (QED) is 0.336. The van der Waals surface area contributed by atoms with Gasteiger partial charge in [-0.2, -0.15) is 0 Å². The topological polar surface area (TPSA) is 55.8 Å². The molecular formula is C16H20FNO4. The van der Waals surface area contributed by atoms with Crippen molar-refractivity contribution in [1.82, 2.24) is 5.06 Å². The van der Waals surface area contributed by atoms with E-state index in [1.807, 2.05) is 6.92 Å². The Kier molecular flexibility index (Phi) is 7.25. The molecule has 0 unspecified atom stereocenters. The number of unbranched alkanes of at least 4 members (excludes halogenated alkanes) is 1. The maximum atomic E-state index is 13.4. The number of hydrogen-bond donors (Lipinski definition) is 0. The Labute approximate surface area is 129 Å². The summed E-state index contributed by atoms with van der Waals surface area (Å²) in [7, 11) is 2.79. The average Bonchev–Trinajstić information content (AvgIpc) is 2.51. The third-order valence-electron chi connectivity index (χ3n) is 2.95. The number of carbonyl (C=O) groups is 2. The minimum absolute atomic E-state index is 0.225. The molecule has 0 saturated carbocycles. The molecule has 120 valence electrons. The highest BCUT2D eigenvalue weighted by Gasteiger charge is 2.15. The zero-order valence-electron chi connectivity index (χ0n) is 13.0. The van der Waals surface area contributed by atoms with Gasteiger partial charge in [0.1, 0.15) is 5.82 Å². The lowest BCUT2D eigenvalue weighted by atomic mass is 10.1. The zero-order valence-corrected chi connectivity index (χ0v) is 13.0. The molecule has 0 aromatic heterocycles. The van der Waals surface area contributed by atoms with Crippen LogP contribution in [0.5, 0.6) is 0 Å². The number of carbonyl (C=O) groups excluding carboxylic acids is 2. The Morgan fingerprint density at radius 1 is 1.36 bits per heavy atom. The number of esters is 1. The van der Waals surface area contributed by atoms with Crippen LogP contribution >= 0.6 is 0 Å². The Hall–Kier alpha value is -2.21. The number of benzene rings is 1. The molecule has 0 spiro atoms. The molecule has 0 fully saturated rings. The normalized spacial score (nSPS) is 10.7. The van der Waals surface area contributed by atoms with Crippen molar-refractivity contribution < 1.29 is 23.6 Å². The van der Waals surface area contributed by atoms with Crippen LogP contribution in [0, 0.1) is 5.82 Å². The highest BCUT2D eigenvalue weighted by atomic mass is 19.1. The van der Waals surface area contributed by atoms with Gasteiger partial charge in [-0.3, -0.25) is 9.63 Å². The lowest BCUT2D eigenvalue weighted by Crippen LogP contribution is -2.26. The predicted octanol–water partition coefficient (Wildman–Crippen LogP) is 2.82. The summed E-state index contributed by atoms with van der Waals surface area (Å²) in [5.41, 5.74) is 0.504. The Balaban J connectivity index is 2.91. The molecule has 0 bridgehead atoms. The number of ether oxygens (including phenoxy) is 1. The van der Waals surface area contributed by atoms with Gasteiger partial charge < -0.3 is 4.74 Å². The lowest BCUT2D eigenvalue weighted by Gasteiger charge is -2.15. The first-order valence-electron chi connectivity index (χ1n) is 6.96. The van der Waals surface area contributed by atoms with E-state index in [2.05, 4.69) is 0 Å². The van der Waals surface area contributed by atoms with E-state index in [0.717, 1.165) is 17.9 Å². The Morgan fingerprint density at radius 2 is 2.09 bits per heavy atom. The van der Waals surface area contributed by atoms with Crippen LogP contribution in [-0.4, -0.2) is 37.7 Å². The van der Waals surface area contributed by atoms with Crippen LogP contribution in [0.15, 0.2) is 24.3 Å². The molecule has 22 heavy (non-hydrogen) atoms. The van der Waals surface area contributed by atoms with Crippen LogP contribution in [0.1, 0.15) is 35.7 Å². The van der Waals surface area contributed by atoms with E-state index in [0.29, 0.717) is 6.61 Å². The molecule has 6 heteroatoms. The summed E-state index contributed by atoms with van der Waals surface area (Å²) in [5.74, 6) is -1.48. The first kappa shape index (κ1) is 17.8. The van der Waals surface area contributed by atoms with E-state index in [-0.39, 0.29) is 11.1 Å². The fourth-order valence-electron chi connectivity index (χ4n) is 1.64. The number of halogens is 1. The van der Waals surface area contributed by atoms with Gasteiger partial charge >= 0.3 is 5.97 Å². The second-order valence-electron chi connectivity index (χ2n) is 4.57. The van der Waals surface area contributed by atoms with Gasteiger partial charge in [0.2, 0.25) is 0 Å². The van der Waals surface area contributed by atoms with Crippen molar-refractivity contribution in [3.63, 3.8) is 0 Å². The van der Waals surface area contributed by atoms with Gasteiger partial charge in [-0.25, -0.2) is 14.2 Å². The average molecular weight is 309 g/mol. The Bertz CT molecular complexity index is 557. The summed E-state index contributed by atoms with van der Waals surface area (Å²) < 4.78 is 18.3. The molecule has 0 saturated heterocycles. The number of hydroxylamine groups is 2. The Morgan fingerprint density at radius 3 is 2.73 bits per heavy atom. The second kappa shape index (κ2) is 8.94. The summed E-state index contributed by atoms with van der Waals surface area (Å²) in [6.07, 6.45) is 4.23. The molecule has 0 atom stereocenters.